The second-order valence-corrected chi connectivity index (χ2v) is 7.77. The summed E-state index contributed by atoms with van der Waals surface area (Å²) in [6.07, 6.45) is 7.85. The highest BCUT2D eigenvalue weighted by Crippen LogP contribution is 2.20. The van der Waals surface area contributed by atoms with Crippen LogP contribution in [-0.2, 0) is 6.54 Å². The topological polar surface area (TPSA) is 6.25 Å². The minimum atomic E-state index is 0.867. The lowest BCUT2D eigenvalue weighted by molar-refractivity contribution is -0.461. The third-order valence-corrected chi connectivity index (χ3v) is 5.30. The lowest BCUT2D eigenvalue weighted by Gasteiger charge is -2.25. The van der Waals surface area contributed by atoms with Crippen LogP contribution in [0.5, 0.6) is 0 Å². The van der Waals surface area contributed by atoms with Crippen molar-refractivity contribution in [1.82, 2.24) is 0 Å². The Bertz CT molecular complexity index is 808. The highest BCUT2D eigenvalue weighted by atomic mass is 33.1. The molecule has 146 valence electrons. The Morgan fingerprint density at radius 2 is 1.86 bits per heavy atom. The number of hydrogen-bond donors (Lipinski definition) is 1. The predicted octanol–water partition coefficient (Wildman–Crippen LogP) is 6.09. The molecule has 0 aliphatic carbocycles. The molecule has 2 aromatic carbocycles. The van der Waals surface area contributed by atoms with E-state index in [1.807, 2.05) is 12.3 Å². The highest BCUT2D eigenvalue weighted by Gasteiger charge is 2.08. The van der Waals surface area contributed by atoms with Gasteiger partial charge in [-0.15, -0.1) is 11.7 Å². The Morgan fingerprint density at radius 1 is 1.14 bits per heavy atom. The fourth-order valence-electron chi connectivity index (χ4n) is 2.87. The van der Waals surface area contributed by atoms with Crippen molar-refractivity contribution >= 4 is 40.4 Å². The maximum Gasteiger partial charge on any atom is 0.197 e. The van der Waals surface area contributed by atoms with Gasteiger partial charge in [0.15, 0.2) is 11.9 Å². The van der Waals surface area contributed by atoms with E-state index in [1.165, 1.54) is 11.3 Å². The van der Waals surface area contributed by atoms with Gasteiger partial charge in [0.1, 0.15) is 6.54 Å². The van der Waals surface area contributed by atoms with Crippen molar-refractivity contribution < 1.29 is 4.58 Å². The van der Waals surface area contributed by atoms with Crippen molar-refractivity contribution in [1.29, 1.82) is 0 Å². The number of nitrogens with zero attached hydrogens (tertiary/aromatic N) is 2. The number of allylic oxidation sites excluding steroid dienone is 2. The van der Waals surface area contributed by atoms with E-state index in [4.69, 9.17) is 0 Å². The van der Waals surface area contributed by atoms with Crippen molar-refractivity contribution in [3.63, 3.8) is 0 Å². The summed E-state index contributed by atoms with van der Waals surface area (Å²) < 4.78 is 2.06. The summed E-state index contributed by atoms with van der Waals surface area (Å²) >= 11 is 4.30. The Morgan fingerprint density at radius 3 is 2.46 bits per heavy atom. The number of thiol groups is 1. The minimum Gasteiger partial charge on any atom is -0.366 e. The van der Waals surface area contributed by atoms with Gasteiger partial charge in [0.25, 0.3) is 0 Å². The molecule has 0 heterocycles. The molecule has 0 aliphatic heterocycles. The molecular weight excluding hydrogens is 380 g/mol. The fraction of sp³-hybridized carbons (Fsp3) is 0.208. The molecule has 0 saturated carbocycles. The number of benzene rings is 2. The van der Waals surface area contributed by atoms with E-state index in [9.17, 15) is 0 Å². The molecule has 0 atom stereocenters. The Hall–Kier alpha value is -2.17. The van der Waals surface area contributed by atoms with Gasteiger partial charge in [-0.3, -0.25) is 0 Å². The van der Waals surface area contributed by atoms with Gasteiger partial charge in [-0.2, -0.15) is 4.58 Å². The molecule has 4 heteroatoms. The van der Waals surface area contributed by atoms with Crippen molar-refractivity contribution in [3.05, 3.63) is 96.7 Å². The molecule has 0 radical (unpaired) electrons. The summed E-state index contributed by atoms with van der Waals surface area (Å²) in [4.78, 5) is 2.39. The van der Waals surface area contributed by atoms with E-state index in [-0.39, 0.29) is 0 Å². The van der Waals surface area contributed by atoms with Gasteiger partial charge in [0, 0.05) is 30.6 Å². The fourth-order valence-corrected chi connectivity index (χ4v) is 3.42. The van der Waals surface area contributed by atoms with E-state index in [0.29, 0.717) is 0 Å². The Kier molecular flexibility index (Phi) is 9.73. The normalized spacial score (nSPS) is 11.6. The zero-order valence-electron chi connectivity index (χ0n) is 16.5. The first-order valence-corrected chi connectivity index (χ1v) is 11.5. The third-order valence-electron chi connectivity index (χ3n) is 4.39. The lowest BCUT2D eigenvalue weighted by atomic mass is 10.1. The largest absolute Gasteiger partial charge is 0.366 e. The molecule has 2 nitrogen and oxygen atoms in total. The smallest absolute Gasteiger partial charge is 0.197 e. The number of anilines is 1. The third kappa shape index (κ3) is 7.10. The zero-order valence-corrected chi connectivity index (χ0v) is 18.2. The molecule has 0 aliphatic rings. The average molecular weight is 410 g/mol. The van der Waals surface area contributed by atoms with E-state index >= 15 is 0 Å². The average Bonchev–Trinajstić information content (AvgIpc) is 2.74. The number of hydrogen-bond acceptors (Lipinski definition) is 3. The monoisotopic (exact) mass is 409 g/mol. The van der Waals surface area contributed by atoms with Gasteiger partial charge in [0.2, 0.25) is 0 Å². The van der Waals surface area contributed by atoms with Crippen LogP contribution in [0.2, 0.25) is 0 Å². The number of likely N-dealkylation sites (N-methyl/N-ethyl adjacent to an activating group) is 1. The molecule has 0 bridgehead atoms. The molecule has 28 heavy (non-hydrogen) atoms. The van der Waals surface area contributed by atoms with Crippen molar-refractivity contribution in [2.45, 2.75) is 13.5 Å². The zero-order chi connectivity index (χ0) is 20.2. The lowest BCUT2D eigenvalue weighted by Crippen LogP contribution is -2.25. The van der Waals surface area contributed by atoms with Crippen molar-refractivity contribution in [3.8, 4) is 0 Å². The molecule has 0 aromatic heterocycles. The first-order valence-electron chi connectivity index (χ1n) is 9.42. The first kappa shape index (κ1) is 22.1. The van der Waals surface area contributed by atoms with E-state index in [1.54, 1.807) is 16.9 Å². The predicted molar refractivity (Wildman–Crippen MR) is 131 cm³/mol. The van der Waals surface area contributed by atoms with Crippen LogP contribution in [-0.4, -0.2) is 29.6 Å². The SMILES string of the molecule is C=CC=[N+](CC)C(=C)/C=C/c1ccc(N(CCSS)Cc2ccccc2)cc1. The Labute approximate surface area is 178 Å². The van der Waals surface area contributed by atoms with E-state index < -0.39 is 0 Å². The molecule has 2 rings (SSSR count). The maximum absolute atomic E-state index is 4.30. The summed E-state index contributed by atoms with van der Waals surface area (Å²) in [6, 6.07) is 19.2. The van der Waals surface area contributed by atoms with Crippen LogP contribution in [0.25, 0.3) is 6.08 Å². The standard InChI is InChI=1S/C24H28N2S2/c1-4-17-25(5-2)21(3)11-12-22-13-15-24(16-14-22)26(18-19-28-27)20-23-9-7-6-8-10-23/h4,6-17H,1,3,5,18-20H2,2H3/p+1/b12-11+,25-17?. The van der Waals surface area contributed by atoms with Gasteiger partial charge < -0.3 is 4.90 Å². The number of rotatable bonds is 11. The van der Waals surface area contributed by atoms with Gasteiger partial charge in [-0.1, -0.05) is 59.8 Å². The van der Waals surface area contributed by atoms with Gasteiger partial charge in [-0.05, 0) is 48.9 Å². The minimum absolute atomic E-state index is 0.867. The summed E-state index contributed by atoms with van der Waals surface area (Å²) in [6.45, 7) is 12.7. The van der Waals surface area contributed by atoms with Crippen molar-refractivity contribution in [2.75, 3.05) is 23.7 Å². The second-order valence-electron chi connectivity index (χ2n) is 6.33. The van der Waals surface area contributed by atoms with Crippen LogP contribution in [0, 0.1) is 0 Å². The van der Waals surface area contributed by atoms with Crippen LogP contribution in [0.3, 0.4) is 0 Å². The van der Waals surface area contributed by atoms with Gasteiger partial charge in [-0.25, -0.2) is 0 Å². The molecule has 0 saturated heterocycles. The molecule has 2 aromatic rings. The molecule has 0 fully saturated rings. The quantitative estimate of drug-likeness (QED) is 0.158. The van der Waals surface area contributed by atoms with Crippen molar-refractivity contribution in [2.24, 2.45) is 0 Å². The highest BCUT2D eigenvalue weighted by molar-refractivity contribution is 8.68. The van der Waals surface area contributed by atoms with Crippen LogP contribution < -0.4 is 4.90 Å². The first-order chi connectivity index (χ1) is 13.7. The van der Waals surface area contributed by atoms with Crippen LogP contribution >= 0.6 is 22.5 Å². The molecular formula is C24H29N2S2+. The summed E-state index contributed by atoms with van der Waals surface area (Å²) in [5.74, 6) is 0.976. The molecule has 0 spiro atoms. The van der Waals surface area contributed by atoms with Gasteiger partial charge >= 0.3 is 0 Å². The second kappa shape index (κ2) is 12.3. The van der Waals surface area contributed by atoms with Crippen LogP contribution in [0.4, 0.5) is 5.69 Å². The Balaban J connectivity index is 2.11. The summed E-state index contributed by atoms with van der Waals surface area (Å²) in [5.41, 5.74) is 4.63. The summed E-state index contributed by atoms with van der Waals surface area (Å²) in [5, 5.41) is 0. The molecule has 0 unspecified atom stereocenters. The molecule has 0 amide bonds. The maximum atomic E-state index is 4.30. The van der Waals surface area contributed by atoms with Gasteiger partial charge in [0.05, 0.1) is 0 Å². The van der Waals surface area contributed by atoms with Crippen LogP contribution in [0.15, 0.2) is 85.6 Å². The van der Waals surface area contributed by atoms with Crippen LogP contribution in [0.1, 0.15) is 18.1 Å². The summed E-state index contributed by atoms with van der Waals surface area (Å²) in [7, 11) is 1.58. The van der Waals surface area contributed by atoms with E-state index in [0.717, 1.165) is 36.6 Å². The molecule has 0 N–H and O–H groups in total. The van der Waals surface area contributed by atoms with E-state index in [2.05, 4.69) is 102 Å².